The van der Waals surface area contributed by atoms with E-state index in [9.17, 15) is 4.39 Å². The van der Waals surface area contributed by atoms with Crippen molar-refractivity contribution in [3.8, 4) is 0 Å². The smallest absolute Gasteiger partial charge is 0.191 e. The number of benzene rings is 1. The van der Waals surface area contributed by atoms with E-state index in [1.165, 1.54) is 17.7 Å². The Kier molecular flexibility index (Phi) is 6.66. The first kappa shape index (κ1) is 17.1. The molecular formula is C18H25FN4. The first-order chi connectivity index (χ1) is 11.2. The molecule has 3 N–H and O–H groups in total. The molecule has 1 aromatic heterocycles. The second-order valence-corrected chi connectivity index (χ2v) is 5.30. The molecule has 1 aromatic carbocycles. The van der Waals surface area contributed by atoms with Crippen LogP contribution in [0.5, 0.6) is 0 Å². The third-order valence-electron chi connectivity index (χ3n) is 3.56. The monoisotopic (exact) mass is 316 g/mol. The SMILES string of the molecule is C/C=C/CCN=C(NCC)NCCc1c[nH]c2cc(F)ccc12. The molecule has 0 unspecified atom stereocenters. The number of halogens is 1. The Morgan fingerprint density at radius 2 is 2.22 bits per heavy atom. The number of H-pyrrole nitrogens is 1. The molecule has 2 rings (SSSR count). The van der Waals surface area contributed by atoms with Gasteiger partial charge in [-0.3, -0.25) is 4.99 Å². The van der Waals surface area contributed by atoms with Gasteiger partial charge in [-0.1, -0.05) is 12.2 Å². The Bertz CT molecular complexity index is 673. The van der Waals surface area contributed by atoms with Crippen molar-refractivity contribution in [2.24, 2.45) is 4.99 Å². The van der Waals surface area contributed by atoms with E-state index in [-0.39, 0.29) is 5.82 Å². The van der Waals surface area contributed by atoms with Crippen LogP contribution in [0.25, 0.3) is 10.9 Å². The van der Waals surface area contributed by atoms with Gasteiger partial charge in [0.05, 0.1) is 0 Å². The van der Waals surface area contributed by atoms with Gasteiger partial charge in [0.15, 0.2) is 5.96 Å². The van der Waals surface area contributed by atoms with Crippen LogP contribution in [0.1, 0.15) is 25.8 Å². The number of allylic oxidation sites excluding steroid dienone is 1. The molecule has 0 bridgehead atoms. The van der Waals surface area contributed by atoms with Crippen molar-refractivity contribution in [2.45, 2.75) is 26.7 Å². The van der Waals surface area contributed by atoms with Gasteiger partial charge >= 0.3 is 0 Å². The standard InChI is InChI=1S/C18H25FN4/c1-3-5-6-10-21-18(20-4-2)22-11-9-14-13-23-17-12-15(19)7-8-16(14)17/h3,5,7-8,12-13,23H,4,6,9-11H2,1-2H3,(H2,20,21,22)/b5-3+. The van der Waals surface area contributed by atoms with Gasteiger partial charge in [-0.25, -0.2) is 4.39 Å². The summed E-state index contributed by atoms with van der Waals surface area (Å²) in [6, 6.07) is 4.85. The van der Waals surface area contributed by atoms with Crippen LogP contribution in [0.3, 0.4) is 0 Å². The predicted octanol–water partition coefficient (Wildman–Crippen LogP) is 3.37. The summed E-state index contributed by atoms with van der Waals surface area (Å²) < 4.78 is 13.2. The normalized spacial score (nSPS) is 12.2. The molecule has 0 saturated heterocycles. The molecule has 2 aromatic rings. The summed E-state index contributed by atoms with van der Waals surface area (Å²) in [6.45, 7) is 6.45. The van der Waals surface area contributed by atoms with E-state index in [1.54, 1.807) is 0 Å². The molecule has 0 aliphatic carbocycles. The third kappa shape index (κ3) is 5.13. The highest BCUT2D eigenvalue weighted by atomic mass is 19.1. The molecule has 0 aliphatic rings. The van der Waals surface area contributed by atoms with Gasteiger partial charge in [0, 0.05) is 36.7 Å². The van der Waals surface area contributed by atoms with Crippen molar-refractivity contribution in [3.63, 3.8) is 0 Å². The molecule has 1 heterocycles. The van der Waals surface area contributed by atoms with Crippen LogP contribution in [0.2, 0.25) is 0 Å². The number of nitrogens with one attached hydrogen (secondary N) is 3. The van der Waals surface area contributed by atoms with Gasteiger partial charge < -0.3 is 15.6 Å². The molecule has 0 spiro atoms. The first-order valence-electron chi connectivity index (χ1n) is 8.13. The number of aliphatic imine (C=N–C) groups is 1. The van der Waals surface area contributed by atoms with Gasteiger partial charge in [-0.05, 0) is 50.5 Å². The summed E-state index contributed by atoms with van der Waals surface area (Å²) in [4.78, 5) is 7.65. The summed E-state index contributed by atoms with van der Waals surface area (Å²) in [7, 11) is 0. The number of guanidine groups is 1. The van der Waals surface area contributed by atoms with Crippen LogP contribution in [0.15, 0.2) is 41.5 Å². The number of rotatable bonds is 7. The zero-order chi connectivity index (χ0) is 16.5. The average Bonchev–Trinajstić information content (AvgIpc) is 2.93. The molecular weight excluding hydrogens is 291 g/mol. The van der Waals surface area contributed by atoms with Crippen LogP contribution in [-0.2, 0) is 6.42 Å². The Morgan fingerprint density at radius 1 is 1.35 bits per heavy atom. The van der Waals surface area contributed by atoms with Crippen molar-refractivity contribution in [1.29, 1.82) is 0 Å². The van der Waals surface area contributed by atoms with E-state index in [4.69, 9.17) is 0 Å². The van der Waals surface area contributed by atoms with Crippen molar-refractivity contribution < 1.29 is 4.39 Å². The van der Waals surface area contributed by atoms with Gasteiger partial charge in [-0.2, -0.15) is 0 Å². The summed E-state index contributed by atoms with van der Waals surface area (Å²) in [5, 5.41) is 7.65. The summed E-state index contributed by atoms with van der Waals surface area (Å²) >= 11 is 0. The topological polar surface area (TPSA) is 52.2 Å². The molecule has 0 radical (unpaired) electrons. The zero-order valence-corrected chi connectivity index (χ0v) is 13.8. The quantitative estimate of drug-likeness (QED) is 0.317. The highest BCUT2D eigenvalue weighted by Gasteiger charge is 2.05. The molecule has 5 heteroatoms. The molecule has 124 valence electrons. The second-order valence-electron chi connectivity index (χ2n) is 5.30. The molecule has 0 atom stereocenters. The fourth-order valence-corrected chi connectivity index (χ4v) is 2.44. The lowest BCUT2D eigenvalue weighted by Crippen LogP contribution is -2.38. The molecule has 4 nitrogen and oxygen atoms in total. The van der Waals surface area contributed by atoms with Gasteiger partial charge in [0.25, 0.3) is 0 Å². The third-order valence-corrected chi connectivity index (χ3v) is 3.56. The molecule has 0 fully saturated rings. The van der Waals surface area contributed by atoms with Gasteiger partial charge in [0.2, 0.25) is 0 Å². The van der Waals surface area contributed by atoms with Crippen molar-refractivity contribution in [1.82, 2.24) is 15.6 Å². The Labute approximate surface area is 136 Å². The fourth-order valence-electron chi connectivity index (χ4n) is 2.44. The minimum absolute atomic E-state index is 0.216. The fraction of sp³-hybridized carbons (Fsp3) is 0.389. The number of nitrogens with zero attached hydrogens (tertiary/aromatic N) is 1. The van der Waals surface area contributed by atoms with Gasteiger partial charge in [-0.15, -0.1) is 0 Å². The molecule has 0 aliphatic heterocycles. The first-order valence-corrected chi connectivity index (χ1v) is 8.13. The van der Waals surface area contributed by atoms with Crippen LogP contribution in [-0.4, -0.2) is 30.6 Å². The number of aromatic amines is 1. The van der Waals surface area contributed by atoms with E-state index in [0.717, 1.165) is 49.3 Å². The summed E-state index contributed by atoms with van der Waals surface area (Å²) in [5.41, 5.74) is 2.02. The van der Waals surface area contributed by atoms with E-state index in [0.29, 0.717) is 0 Å². The predicted molar refractivity (Wildman–Crippen MR) is 95.4 cm³/mol. The lowest BCUT2D eigenvalue weighted by Gasteiger charge is -2.10. The number of hydrogen-bond donors (Lipinski definition) is 3. The highest BCUT2D eigenvalue weighted by Crippen LogP contribution is 2.19. The maximum Gasteiger partial charge on any atom is 0.191 e. The number of hydrogen-bond acceptors (Lipinski definition) is 1. The Hall–Kier alpha value is -2.30. The second kappa shape index (κ2) is 8.98. The summed E-state index contributed by atoms with van der Waals surface area (Å²) in [6.07, 6.45) is 7.89. The summed E-state index contributed by atoms with van der Waals surface area (Å²) in [5.74, 6) is 0.620. The van der Waals surface area contributed by atoms with Crippen LogP contribution in [0.4, 0.5) is 4.39 Å². The zero-order valence-electron chi connectivity index (χ0n) is 13.8. The maximum absolute atomic E-state index is 13.2. The lowest BCUT2D eigenvalue weighted by molar-refractivity contribution is 0.629. The minimum atomic E-state index is -0.216. The molecule has 0 amide bonds. The van der Waals surface area contributed by atoms with Crippen molar-refractivity contribution in [3.05, 3.63) is 47.9 Å². The Morgan fingerprint density at radius 3 is 3.00 bits per heavy atom. The van der Waals surface area contributed by atoms with E-state index in [1.807, 2.05) is 25.3 Å². The van der Waals surface area contributed by atoms with Crippen LogP contribution < -0.4 is 10.6 Å². The number of aromatic nitrogens is 1. The van der Waals surface area contributed by atoms with Crippen LogP contribution in [0, 0.1) is 5.82 Å². The largest absolute Gasteiger partial charge is 0.361 e. The van der Waals surface area contributed by atoms with Crippen molar-refractivity contribution in [2.75, 3.05) is 19.6 Å². The van der Waals surface area contributed by atoms with E-state index < -0.39 is 0 Å². The number of fused-ring (bicyclic) bond motifs is 1. The minimum Gasteiger partial charge on any atom is -0.361 e. The lowest BCUT2D eigenvalue weighted by atomic mass is 10.1. The maximum atomic E-state index is 13.2. The van der Waals surface area contributed by atoms with Crippen molar-refractivity contribution >= 4 is 16.9 Å². The van der Waals surface area contributed by atoms with E-state index >= 15 is 0 Å². The Balaban J connectivity index is 1.90. The molecule has 23 heavy (non-hydrogen) atoms. The highest BCUT2D eigenvalue weighted by molar-refractivity contribution is 5.83. The van der Waals surface area contributed by atoms with Gasteiger partial charge in [0.1, 0.15) is 5.82 Å². The molecule has 0 saturated carbocycles. The van der Waals surface area contributed by atoms with E-state index in [2.05, 4.69) is 33.6 Å². The van der Waals surface area contributed by atoms with Crippen LogP contribution >= 0.6 is 0 Å². The average molecular weight is 316 g/mol.